The van der Waals surface area contributed by atoms with Gasteiger partial charge in [0.1, 0.15) is 18.1 Å². The van der Waals surface area contributed by atoms with Crippen molar-refractivity contribution in [2.75, 3.05) is 18.9 Å². The van der Waals surface area contributed by atoms with Gasteiger partial charge in [-0.25, -0.2) is 5.43 Å². The van der Waals surface area contributed by atoms with Crippen LogP contribution in [0.2, 0.25) is 0 Å². The van der Waals surface area contributed by atoms with Gasteiger partial charge >= 0.3 is 0 Å². The molecule has 29 heavy (non-hydrogen) atoms. The fraction of sp³-hybridized carbons (Fsp3) is 0.250. The molecule has 2 atom stereocenters. The van der Waals surface area contributed by atoms with E-state index in [1.807, 2.05) is 42.5 Å². The zero-order valence-corrected chi connectivity index (χ0v) is 16.4. The van der Waals surface area contributed by atoms with E-state index in [9.17, 15) is 0 Å². The van der Waals surface area contributed by atoms with Crippen LogP contribution in [0.25, 0.3) is 0 Å². The minimum Gasteiger partial charge on any atom is -0.493 e. The molecule has 0 aliphatic carbocycles. The zero-order chi connectivity index (χ0) is 19.9. The first kappa shape index (κ1) is 19.3. The van der Waals surface area contributed by atoms with Crippen molar-refractivity contribution in [2.24, 2.45) is 0 Å². The average molecular weight is 389 g/mol. The zero-order valence-electron chi connectivity index (χ0n) is 16.4. The van der Waals surface area contributed by atoms with Crippen LogP contribution in [0.15, 0.2) is 78.9 Å². The van der Waals surface area contributed by atoms with Crippen LogP contribution in [0.4, 0.5) is 5.69 Å². The number of ether oxygens (including phenoxy) is 2. The van der Waals surface area contributed by atoms with Crippen molar-refractivity contribution >= 4 is 5.69 Å². The predicted molar refractivity (Wildman–Crippen MR) is 116 cm³/mol. The minimum absolute atomic E-state index is 0.229. The summed E-state index contributed by atoms with van der Waals surface area (Å²) in [6, 6.07) is 26.7. The number of benzene rings is 3. The Kier molecular flexibility index (Phi) is 6.29. The molecule has 3 aromatic rings. The van der Waals surface area contributed by atoms with Crippen LogP contribution < -0.4 is 26.1 Å². The summed E-state index contributed by atoms with van der Waals surface area (Å²) in [7, 11) is 0. The summed E-state index contributed by atoms with van der Waals surface area (Å²) in [6.07, 6.45) is 1.85. The van der Waals surface area contributed by atoms with Crippen molar-refractivity contribution in [2.45, 2.75) is 24.9 Å². The lowest BCUT2D eigenvalue weighted by Gasteiger charge is -2.13. The molecule has 0 saturated carbocycles. The Morgan fingerprint density at radius 3 is 2.48 bits per heavy atom. The van der Waals surface area contributed by atoms with Gasteiger partial charge in [0.05, 0.1) is 12.6 Å². The third-order valence-corrected chi connectivity index (χ3v) is 5.08. The first-order valence-electron chi connectivity index (χ1n) is 10.0. The molecule has 150 valence electrons. The quantitative estimate of drug-likeness (QED) is 0.510. The normalized spacial score (nSPS) is 18.5. The van der Waals surface area contributed by atoms with E-state index < -0.39 is 0 Å². The summed E-state index contributed by atoms with van der Waals surface area (Å²) in [5.41, 5.74) is 15.7. The highest BCUT2D eigenvalue weighted by atomic mass is 16.5. The molecule has 0 spiro atoms. The Balaban J connectivity index is 1.26. The van der Waals surface area contributed by atoms with Gasteiger partial charge in [0.2, 0.25) is 0 Å². The fourth-order valence-electron chi connectivity index (χ4n) is 3.46. The first-order chi connectivity index (χ1) is 14.3. The van der Waals surface area contributed by atoms with Gasteiger partial charge in [-0.15, -0.1) is 0 Å². The monoisotopic (exact) mass is 389 g/mol. The Bertz CT molecular complexity index is 900. The molecule has 0 amide bonds. The number of nitrogens with one attached hydrogen (secondary N) is 2. The van der Waals surface area contributed by atoms with Gasteiger partial charge in [-0.3, -0.25) is 5.43 Å². The van der Waals surface area contributed by atoms with Crippen molar-refractivity contribution in [1.29, 1.82) is 0 Å². The van der Waals surface area contributed by atoms with Crippen LogP contribution in [0.3, 0.4) is 0 Å². The summed E-state index contributed by atoms with van der Waals surface area (Å²) in [4.78, 5) is 0. The molecule has 2 unspecified atom stereocenters. The number of anilines is 1. The van der Waals surface area contributed by atoms with Crippen molar-refractivity contribution < 1.29 is 9.47 Å². The second-order valence-electron chi connectivity index (χ2n) is 7.31. The molecule has 4 N–H and O–H groups in total. The van der Waals surface area contributed by atoms with Crippen LogP contribution in [0, 0.1) is 0 Å². The molecule has 1 heterocycles. The van der Waals surface area contributed by atoms with Gasteiger partial charge in [-0.1, -0.05) is 42.5 Å². The number of hydrogen-bond donors (Lipinski definition) is 3. The Morgan fingerprint density at radius 2 is 1.66 bits per heavy atom. The molecule has 5 heteroatoms. The molecule has 0 aromatic heterocycles. The summed E-state index contributed by atoms with van der Waals surface area (Å²) in [5, 5.41) is 0. The van der Waals surface area contributed by atoms with Gasteiger partial charge in [0, 0.05) is 18.2 Å². The van der Waals surface area contributed by atoms with Gasteiger partial charge < -0.3 is 15.2 Å². The second-order valence-corrected chi connectivity index (χ2v) is 7.31. The van der Waals surface area contributed by atoms with Crippen molar-refractivity contribution in [1.82, 2.24) is 10.9 Å². The van der Waals surface area contributed by atoms with Crippen LogP contribution in [0.5, 0.6) is 11.5 Å². The number of nitrogen functional groups attached to an aromatic ring is 1. The predicted octanol–water partition coefficient (Wildman–Crippen LogP) is 3.88. The molecular weight excluding hydrogens is 362 g/mol. The van der Waals surface area contributed by atoms with Crippen LogP contribution in [-0.4, -0.2) is 19.3 Å². The van der Waals surface area contributed by atoms with Crippen LogP contribution >= 0.6 is 0 Å². The fourth-order valence-corrected chi connectivity index (χ4v) is 3.46. The molecule has 3 aromatic carbocycles. The lowest BCUT2D eigenvalue weighted by atomic mass is 10.0. The standard InChI is InChI=1S/C24H27N3O2/c25-20-9-11-22(12-10-20)29-17-21-16-24(27-26-21)19-7-4-8-23(15-19)28-14-13-18-5-2-1-3-6-18/h1-12,15,21,24,26-27H,13-14,16-17,25H2. The van der Waals surface area contributed by atoms with Gasteiger partial charge in [0.25, 0.3) is 0 Å². The Labute approximate surface area is 171 Å². The van der Waals surface area contributed by atoms with E-state index in [0.29, 0.717) is 13.2 Å². The lowest BCUT2D eigenvalue weighted by Crippen LogP contribution is -2.34. The highest BCUT2D eigenvalue weighted by Crippen LogP contribution is 2.26. The molecule has 1 aliphatic rings. The van der Waals surface area contributed by atoms with Gasteiger partial charge in [0.15, 0.2) is 0 Å². The summed E-state index contributed by atoms with van der Waals surface area (Å²) in [6.45, 7) is 1.27. The maximum Gasteiger partial charge on any atom is 0.119 e. The number of hydrazine groups is 1. The Morgan fingerprint density at radius 1 is 0.828 bits per heavy atom. The van der Waals surface area contributed by atoms with Crippen molar-refractivity contribution in [3.8, 4) is 11.5 Å². The maximum absolute atomic E-state index is 5.97. The van der Waals surface area contributed by atoms with E-state index in [2.05, 4.69) is 47.2 Å². The van der Waals surface area contributed by atoms with Crippen LogP contribution in [0.1, 0.15) is 23.6 Å². The topological polar surface area (TPSA) is 68.5 Å². The van der Waals surface area contributed by atoms with E-state index in [-0.39, 0.29) is 12.1 Å². The van der Waals surface area contributed by atoms with E-state index in [0.717, 1.165) is 30.0 Å². The van der Waals surface area contributed by atoms with Gasteiger partial charge in [-0.2, -0.15) is 0 Å². The Hall–Kier alpha value is -3.02. The molecule has 4 rings (SSSR count). The molecule has 1 saturated heterocycles. The lowest BCUT2D eigenvalue weighted by molar-refractivity contribution is 0.273. The number of hydrogen-bond acceptors (Lipinski definition) is 5. The van der Waals surface area contributed by atoms with Crippen molar-refractivity contribution in [3.63, 3.8) is 0 Å². The molecular formula is C24H27N3O2. The van der Waals surface area contributed by atoms with E-state index in [1.54, 1.807) is 0 Å². The molecule has 5 nitrogen and oxygen atoms in total. The van der Waals surface area contributed by atoms with Crippen molar-refractivity contribution in [3.05, 3.63) is 90.0 Å². The molecule has 0 bridgehead atoms. The third-order valence-electron chi connectivity index (χ3n) is 5.08. The smallest absolute Gasteiger partial charge is 0.119 e. The molecule has 1 fully saturated rings. The van der Waals surface area contributed by atoms with Gasteiger partial charge in [-0.05, 0) is 53.9 Å². The second kappa shape index (κ2) is 9.45. The largest absolute Gasteiger partial charge is 0.493 e. The number of nitrogens with two attached hydrogens (primary N) is 1. The highest BCUT2D eigenvalue weighted by Gasteiger charge is 2.25. The number of rotatable bonds is 8. The van der Waals surface area contributed by atoms with E-state index in [4.69, 9.17) is 15.2 Å². The average Bonchev–Trinajstić information content (AvgIpc) is 3.24. The SMILES string of the molecule is Nc1ccc(OCC2CC(c3cccc(OCCc4ccccc4)c3)NN2)cc1. The highest BCUT2D eigenvalue weighted by molar-refractivity contribution is 5.41. The van der Waals surface area contributed by atoms with Crippen LogP contribution in [-0.2, 0) is 6.42 Å². The summed E-state index contributed by atoms with van der Waals surface area (Å²) >= 11 is 0. The molecule has 0 radical (unpaired) electrons. The maximum atomic E-state index is 5.97. The molecule has 1 aliphatic heterocycles. The van der Waals surface area contributed by atoms with E-state index >= 15 is 0 Å². The summed E-state index contributed by atoms with van der Waals surface area (Å²) in [5.74, 6) is 1.74. The first-order valence-corrected chi connectivity index (χ1v) is 10.0. The minimum atomic E-state index is 0.229. The third kappa shape index (κ3) is 5.50. The van der Waals surface area contributed by atoms with E-state index in [1.165, 1.54) is 11.1 Å². The summed E-state index contributed by atoms with van der Waals surface area (Å²) < 4.78 is 11.8.